The number of hydrogen-bond acceptors (Lipinski definition) is 2. The Morgan fingerprint density at radius 1 is 1.00 bits per heavy atom. The van der Waals surface area contributed by atoms with Crippen LogP contribution in [0.3, 0.4) is 0 Å². The number of nitrogens with one attached hydrogen (secondary N) is 1. The molecule has 0 aliphatic heterocycles. The van der Waals surface area contributed by atoms with Crippen LogP contribution >= 0.6 is 0 Å². The highest BCUT2D eigenvalue weighted by atomic mass is 19.2. The molecule has 142 valence electrons. The van der Waals surface area contributed by atoms with Gasteiger partial charge >= 0.3 is 0 Å². The van der Waals surface area contributed by atoms with Crippen LogP contribution < -0.4 is 5.32 Å². The summed E-state index contributed by atoms with van der Waals surface area (Å²) in [4.78, 5) is 12.3. The minimum Gasteiger partial charge on any atom is -0.351 e. The summed E-state index contributed by atoms with van der Waals surface area (Å²) in [6.45, 7) is 0.275. The van der Waals surface area contributed by atoms with E-state index >= 15 is 0 Å². The molecule has 0 aliphatic rings. The summed E-state index contributed by atoms with van der Waals surface area (Å²) in [6.07, 6.45) is 3.89. The molecule has 0 bridgehead atoms. The maximum Gasteiger partial charge on any atom is 0.229 e. The van der Waals surface area contributed by atoms with Crippen LogP contribution in [-0.2, 0) is 24.8 Å². The van der Waals surface area contributed by atoms with Gasteiger partial charge in [-0.2, -0.15) is 5.10 Å². The number of nitrogens with zero attached hydrogens (tertiary/aromatic N) is 3. The SMILES string of the molecule is Cn1ccc2ccc(CC(=O)Nc3ccn(Cc4ccc(F)c(F)c4)n3)cc21. The lowest BCUT2D eigenvalue weighted by Crippen LogP contribution is -2.15. The van der Waals surface area contributed by atoms with Gasteiger partial charge in [0.1, 0.15) is 0 Å². The van der Waals surface area contributed by atoms with Gasteiger partial charge in [0.2, 0.25) is 5.91 Å². The largest absolute Gasteiger partial charge is 0.351 e. The third kappa shape index (κ3) is 3.78. The molecule has 0 radical (unpaired) electrons. The molecule has 2 aromatic carbocycles. The first-order chi connectivity index (χ1) is 13.5. The molecule has 4 aromatic rings. The van der Waals surface area contributed by atoms with Crippen molar-refractivity contribution in [1.82, 2.24) is 14.3 Å². The second-order valence-electron chi connectivity index (χ2n) is 6.69. The molecule has 1 N–H and O–H groups in total. The fraction of sp³-hybridized carbons (Fsp3) is 0.143. The summed E-state index contributed by atoms with van der Waals surface area (Å²) in [5.41, 5.74) is 2.56. The zero-order chi connectivity index (χ0) is 19.7. The van der Waals surface area contributed by atoms with E-state index in [1.54, 1.807) is 16.9 Å². The van der Waals surface area contributed by atoms with Gasteiger partial charge < -0.3 is 9.88 Å². The van der Waals surface area contributed by atoms with E-state index in [2.05, 4.69) is 10.4 Å². The van der Waals surface area contributed by atoms with Crippen molar-refractivity contribution >= 4 is 22.6 Å². The number of carbonyl (C=O) groups excluding carboxylic acids is 1. The van der Waals surface area contributed by atoms with Gasteiger partial charge in [-0.1, -0.05) is 18.2 Å². The molecule has 0 fully saturated rings. The Balaban J connectivity index is 1.40. The average molecular weight is 380 g/mol. The first-order valence-corrected chi connectivity index (χ1v) is 8.79. The number of fused-ring (bicyclic) bond motifs is 1. The Morgan fingerprint density at radius 2 is 1.82 bits per heavy atom. The van der Waals surface area contributed by atoms with E-state index in [0.717, 1.165) is 28.6 Å². The molecule has 4 rings (SSSR count). The van der Waals surface area contributed by atoms with Crippen molar-refractivity contribution in [1.29, 1.82) is 0 Å². The van der Waals surface area contributed by atoms with Crippen LogP contribution in [0, 0.1) is 11.6 Å². The molecule has 0 spiro atoms. The number of amides is 1. The smallest absolute Gasteiger partial charge is 0.229 e. The van der Waals surface area contributed by atoms with Crippen LogP contribution in [0.15, 0.2) is 60.9 Å². The normalized spacial score (nSPS) is 11.1. The molecule has 0 saturated heterocycles. The molecule has 0 aliphatic carbocycles. The molecule has 0 saturated carbocycles. The van der Waals surface area contributed by atoms with Crippen LogP contribution in [0.1, 0.15) is 11.1 Å². The van der Waals surface area contributed by atoms with E-state index in [1.165, 1.54) is 6.07 Å². The Bertz CT molecular complexity index is 1160. The molecule has 28 heavy (non-hydrogen) atoms. The Morgan fingerprint density at radius 3 is 2.64 bits per heavy atom. The maximum absolute atomic E-state index is 13.3. The molecule has 2 heterocycles. The van der Waals surface area contributed by atoms with Crippen LogP contribution in [0.5, 0.6) is 0 Å². The zero-order valence-corrected chi connectivity index (χ0v) is 15.2. The van der Waals surface area contributed by atoms with E-state index in [0.29, 0.717) is 11.4 Å². The van der Waals surface area contributed by atoms with Gasteiger partial charge in [0, 0.05) is 31.0 Å². The van der Waals surface area contributed by atoms with Gasteiger partial charge in [0.05, 0.1) is 13.0 Å². The van der Waals surface area contributed by atoms with E-state index in [4.69, 9.17) is 0 Å². The van der Waals surface area contributed by atoms with E-state index in [9.17, 15) is 13.6 Å². The van der Waals surface area contributed by atoms with E-state index in [1.807, 2.05) is 42.1 Å². The van der Waals surface area contributed by atoms with Crippen molar-refractivity contribution in [2.45, 2.75) is 13.0 Å². The van der Waals surface area contributed by atoms with Crippen molar-refractivity contribution < 1.29 is 13.6 Å². The van der Waals surface area contributed by atoms with Crippen molar-refractivity contribution in [3.05, 3.63) is 83.7 Å². The van der Waals surface area contributed by atoms with E-state index < -0.39 is 11.6 Å². The Labute approximate surface area is 160 Å². The van der Waals surface area contributed by atoms with Crippen LogP contribution in [-0.4, -0.2) is 20.3 Å². The standard InChI is InChI=1S/C21H18F2N4O/c1-26-8-6-16-4-2-14(11-19(16)26)12-21(28)24-20-7-9-27(25-20)13-15-3-5-17(22)18(23)10-15/h2-11H,12-13H2,1H3,(H,24,25,28). The minimum atomic E-state index is -0.895. The zero-order valence-electron chi connectivity index (χ0n) is 15.2. The van der Waals surface area contributed by atoms with Gasteiger partial charge in [-0.25, -0.2) is 8.78 Å². The number of benzene rings is 2. The van der Waals surface area contributed by atoms with Crippen molar-refractivity contribution in [3.63, 3.8) is 0 Å². The van der Waals surface area contributed by atoms with Gasteiger partial charge in [0.15, 0.2) is 17.5 Å². The molecule has 5 nitrogen and oxygen atoms in total. The number of aromatic nitrogens is 3. The maximum atomic E-state index is 13.3. The second kappa shape index (κ2) is 7.26. The number of hydrogen-bond donors (Lipinski definition) is 1. The summed E-state index contributed by atoms with van der Waals surface area (Å²) in [6, 6.07) is 13.3. The summed E-state index contributed by atoms with van der Waals surface area (Å²) in [7, 11) is 1.96. The van der Waals surface area contributed by atoms with E-state index in [-0.39, 0.29) is 18.9 Å². The highest BCUT2D eigenvalue weighted by Gasteiger charge is 2.09. The van der Waals surface area contributed by atoms with Crippen molar-refractivity contribution in [2.24, 2.45) is 7.05 Å². The van der Waals surface area contributed by atoms with Gasteiger partial charge in [-0.05, 0) is 40.8 Å². The van der Waals surface area contributed by atoms with Gasteiger partial charge in [-0.3, -0.25) is 9.48 Å². The summed E-state index contributed by atoms with van der Waals surface area (Å²) in [5, 5.41) is 8.15. The lowest BCUT2D eigenvalue weighted by atomic mass is 10.1. The van der Waals surface area contributed by atoms with Crippen LogP contribution in [0.2, 0.25) is 0 Å². The van der Waals surface area contributed by atoms with Crippen molar-refractivity contribution in [3.8, 4) is 0 Å². The average Bonchev–Trinajstić information content (AvgIpc) is 3.25. The van der Waals surface area contributed by atoms with Gasteiger partial charge in [-0.15, -0.1) is 0 Å². The fourth-order valence-corrected chi connectivity index (χ4v) is 3.13. The molecule has 1 amide bonds. The molecule has 0 unspecified atom stereocenters. The first kappa shape index (κ1) is 17.9. The highest BCUT2D eigenvalue weighted by Crippen LogP contribution is 2.17. The highest BCUT2D eigenvalue weighted by molar-refractivity contribution is 5.92. The lowest BCUT2D eigenvalue weighted by Gasteiger charge is -2.05. The monoisotopic (exact) mass is 380 g/mol. The minimum absolute atomic E-state index is 0.174. The lowest BCUT2D eigenvalue weighted by molar-refractivity contribution is -0.115. The Hall–Kier alpha value is -3.48. The van der Waals surface area contributed by atoms with Gasteiger partial charge in [0.25, 0.3) is 0 Å². The summed E-state index contributed by atoms with van der Waals surface area (Å²) >= 11 is 0. The number of halogens is 2. The molecular weight excluding hydrogens is 362 g/mol. The predicted octanol–water partition coefficient (Wildman–Crippen LogP) is 3.88. The third-order valence-electron chi connectivity index (χ3n) is 4.55. The molecule has 2 aromatic heterocycles. The molecule has 7 heteroatoms. The topological polar surface area (TPSA) is 51.9 Å². The predicted molar refractivity (Wildman–Crippen MR) is 103 cm³/mol. The summed E-state index contributed by atoms with van der Waals surface area (Å²) in [5.74, 6) is -1.54. The van der Waals surface area contributed by atoms with Crippen LogP contribution in [0.4, 0.5) is 14.6 Å². The fourth-order valence-electron chi connectivity index (χ4n) is 3.13. The number of aryl methyl sites for hydroxylation is 1. The third-order valence-corrected chi connectivity index (χ3v) is 4.55. The number of anilines is 1. The molecular formula is C21H18F2N4O. The second-order valence-corrected chi connectivity index (χ2v) is 6.69. The van der Waals surface area contributed by atoms with Crippen molar-refractivity contribution in [2.75, 3.05) is 5.32 Å². The Kier molecular flexibility index (Phi) is 4.65. The molecule has 0 atom stereocenters. The van der Waals surface area contributed by atoms with Crippen LogP contribution in [0.25, 0.3) is 10.9 Å². The first-order valence-electron chi connectivity index (χ1n) is 8.79. The number of rotatable bonds is 5. The number of carbonyl (C=O) groups is 1. The summed E-state index contributed by atoms with van der Waals surface area (Å²) < 4.78 is 29.9. The quantitative estimate of drug-likeness (QED) is 0.571.